The number of aliphatic hydroxyl groups is 1. The molecule has 8 heteroatoms. The molecular weight excluding hydrogens is 496 g/mol. The Labute approximate surface area is 229 Å². The minimum atomic E-state index is -0.890. The van der Waals surface area contributed by atoms with E-state index in [4.69, 9.17) is 14.2 Å². The Morgan fingerprint density at radius 2 is 1.64 bits per heavy atom. The third-order valence-electron chi connectivity index (χ3n) is 6.59. The number of likely N-dealkylation sites (N-methyl/N-ethyl adjacent to an activating group) is 1. The summed E-state index contributed by atoms with van der Waals surface area (Å²) in [5.41, 5.74) is 4.52. The molecule has 4 atom stereocenters. The number of ether oxygens (including phenoxy) is 3. The van der Waals surface area contributed by atoms with Crippen molar-refractivity contribution in [2.45, 2.75) is 58.0 Å². The maximum atomic E-state index is 12.3. The Balaban J connectivity index is 1.47. The highest BCUT2D eigenvalue weighted by Crippen LogP contribution is 2.38. The van der Waals surface area contributed by atoms with Crippen molar-refractivity contribution in [1.82, 2.24) is 4.90 Å². The second-order valence-electron chi connectivity index (χ2n) is 9.90. The SMILES string of the molecule is CC(=O)OC(C)C(=O)Nc1ccc(C2OC(CN(C)Cc3ccccc3)CC(c3ccc(CO)cc3)O2)cc1. The van der Waals surface area contributed by atoms with E-state index in [9.17, 15) is 14.7 Å². The van der Waals surface area contributed by atoms with Gasteiger partial charge >= 0.3 is 5.97 Å². The topological polar surface area (TPSA) is 97.3 Å². The van der Waals surface area contributed by atoms with Crippen LogP contribution in [-0.2, 0) is 37.0 Å². The zero-order valence-electron chi connectivity index (χ0n) is 22.6. The molecule has 0 bridgehead atoms. The van der Waals surface area contributed by atoms with Gasteiger partial charge in [0.2, 0.25) is 0 Å². The lowest BCUT2D eigenvalue weighted by atomic mass is 9.99. The zero-order valence-corrected chi connectivity index (χ0v) is 22.6. The molecule has 0 aliphatic carbocycles. The lowest BCUT2D eigenvalue weighted by molar-refractivity contribution is -0.252. The summed E-state index contributed by atoms with van der Waals surface area (Å²) < 4.78 is 17.8. The standard InChI is InChI=1S/C31H36N2O6/c1-21(37-22(2)35)30(36)32-27-15-13-26(14-16-27)31-38-28(19-33(3)18-23-7-5-4-6-8-23)17-29(39-31)25-11-9-24(20-34)10-12-25/h4-16,21,28-29,31,34H,17-20H2,1-3H3,(H,32,36). The summed E-state index contributed by atoms with van der Waals surface area (Å²) >= 11 is 0. The Hall–Kier alpha value is -3.56. The molecular formula is C31H36N2O6. The number of aliphatic hydroxyl groups excluding tert-OH is 1. The zero-order chi connectivity index (χ0) is 27.8. The summed E-state index contributed by atoms with van der Waals surface area (Å²) in [5, 5.41) is 12.2. The Morgan fingerprint density at radius 1 is 0.974 bits per heavy atom. The minimum Gasteiger partial charge on any atom is -0.453 e. The molecule has 4 unspecified atom stereocenters. The second kappa shape index (κ2) is 13.5. The Kier molecular flexibility index (Phi) is 9.84. The van der Waals surface area contributed by atoms with Crippen LogP contribution in [0.15, 0.2) is 78.9 Å². The molecule has 8 nitrogen and oxygen atoms in total. The van der Waals surface area contributed by atoms with Crippen LogP contribution in [0.3, 0.4) is 0 Å². The average Bonchev–Trinajstić information content (AvgIpc) is 2.93. The van der Waals surface area contributed by atoms with Crippen LogP contribution in [0.2, 0.25) is 0 Å². The molecule has 0 saturated carbocycles. The Morgan fingerprint density at radius 3 is 2.28 bits per heavy atom. The van der Waals surface area contributed by atoms with Crippen molar-refractivity contribution < 1.29 is 28.9 Å². The van der Waals surface area contributed by atoms with Gasteiger partial charge in [0.05, 0.1) is 18.8 Å². The fourth-order valence-corrected chi connectivity index (χ4v) is 4.61. The van der Waals surface area contributed by atoms with Gasteiger partial charge in [-0.3, -0.25) is 14.5 Å². The van der Waals surface area contributed by atoms with E-state index in [1.807, 2.05) is 54.6 Å². The van der Waals surface area contributed by atoms with Gasteiger partial charge in [0.15, 0.2) is 12.4 Å². The number of hydrogen-bond donors (Lipinski definition) is 2. The molecule has 3 aromatic carbocycles. The van der Waals surface area contributed by atoms with Crippen LogP contribution >= 0.6 is 0 Å². The number of carbonyl (C=O) groups is 2. The van der Waals surface area contributed by atoms with E-state index in [2.05, 4.69) is 29.4 Å². The molecule has 1 heterocycles. The van der Waals surface area contributed by atoms with Gasteiger partial charge in [0, 0.05) is 37.7 Å². The van der Waals surface area contributed by atoms with Gasteiger partial charge in [-0.1, -0.05) is 66.7 Å². The van der Waals surface area contributed by atoms with Crippen molar-refractivity contribution in [3.05, 3.63) is 101 Å². The molecule has 2 N–H and O–H groups in total. The first-order valence-corrected chi connectivity index (χ1v) is 13.1. The van der Waals surface area contributed by atoms with E-state index in [0.717, 1.165) is 29.8 Å². The van der Waals surface area contributed by atoms with Crippen LogP contribution in [0.1, 0.15) is 54.9 Å². The van der Waals surface area contributed by atoms with E-state index >= 15 is 0 Å². The number of nitrogens with zero attached hydrogens (tertiary/aromatic N) is 1. The smallest absolute Gasteiger partial charge is 0.303 e. The van der Waals surface area contributed by atoms with Crippen molar-refractivity contribution >= 4 is 17.6 Å². The van der Waals surface area contributed by atoms with Gasteiger partial charge in [-0.2, -0.15) is 0 Å². The number of hydrogen-bond acceptors (Lipinski definition) is 7. The molecule has 4 rings (SSSR count). The van der Waals surface area contributed by atoms with Crippen LogP contribution in [0.5, 0.6) is 0 Å². The number of nitrogens with one attached hydrogen (secondary N) is 1. The lowest BCUT2D eigenvalue weighted by Gasteiger charge is -2.38. The largest absolute Gasteiger partial charge is 0.453 e. The van der Waals surface area contributed by atoms with E-state index in [-0.39, 0.29) is 18.8 Å². The quantitative estimate of drug-likeness (QED) is 0.364. The fourth-order valence-electron chi connectivity index (χ4n) is 4.61. The van der Waals surface area contributed by atoms with Crippen molar-refractivity contribution in [2.75, 3.05) is 18.9 Å². The van der Waals surface area contributed by atoms with E-state index in [1.165, 1.54) is 19.4 Å². The third kappa shape index (κ3) is 8.21. The molecule has 3 aromatic rings. The van der Waals surface area contributed by atoms with E-state index < -0.39 is 24.3 Å². The molecule has 1 saturated heterocycles. The van der Waals surface area contributed by atoms with Crippen molar-refractivity contribution in [3.8, 4) is 0 Å². The summed E-state index contributed by atoms with van der Waals surface area (Å²) in [6.45, 7) is 4.32. The molecule has 0 radical (unpaired) electrons. The highest BCUT2D eigenvalue weighted by atomic mass is 16.7. The van der Waals surface area contributed by atoms with E-state index in [0.29, 0.717) is 12.1 Å². The second-order valence-corrected chi connectivity index (χ2v) is 9.90. The maximum Gasteiger partial charge on any atom is 0.303 e. The Bertz CT molecular complexity index is 1220. The van der Waals surface area contributed by atoms with Crippen molar-refractivity contribution in [2.24, 2.45) is 0 Å². The van der Waals surface area contributed by atoms with Gasteiger partial charge < -0.3 is 24.6 Å². The molecule has 1 aliphatic heterocycles. The van der Waals surface area contributed by atoms with Gasteiger partial charge in [0.25, 0.3) is 5.91 Å². The van der Waals surface area contributed by atoms with Gasteiger partial charge in [-0.25, -0.2) is 0 Å². The summed E-state index contributed by atoms with van der Waals surface area (Å²) in [6, 6.07) is 25.4. The number of amides is 1. The number of carbonyl (C=O) groups excluding carboxylic acids is 2. The summed E-state index contributed by atoms with van der Waals surface area (Å²) in [5.74, 6) is -0.917. The molecule has 1 aliphatic rings. The molecule has 39 heavy (non-hydrogen) atoms. The maximum absolute atomic E-state index is 12.3. The molecule has 0 aromatic heterocycles. The lowest BCUT2D eigenvalue weighted by Crippen LogP contribution is -2.37. The van der Waals surface area contributed by atoms with Crippen LogP contribution < -0.4 is 5.32 Å². The number of rotatable bonds is 10. The number of anilines is 1. The average molecular weight is 533 g/mol. The van der Waals surface area contributed by atoms with E-state index in [1.54, 1.807) is 12.1 Å². The van der Waals surface area contributed by atoms with Crippen LogP contribution in [0.4, 0.5) is 5.69 Å². The molecule has 1 fully saturated rings. The fraction of sp³-hybridized carbons (Fsp3) is 0.355. The number of esters is 1. The van der Waals surface area contributed by atoms with Crippen LogP contribution in [0, 0.1) is 0 Å². The first-order chi connectivity index (χ1) is 18.8. The third-order valence-corrected chi connectivity index (χ3v) is 6.59. The first kappa shape index (κ1) is 28.4. The van der Waals surface area contributed by atoms with Gasteiger partial charge in [-0.05, 0) is 42.8 Å². The van der Waals surface area contributed by atoms with Crippen LogP contribution in [-0.4, -0.2) is 47.7 Å². The summed E-state index contributed by atoms with van der Waals surface area (Å²) in [4.78, 5) is 25.7. The summed E-state index contributed by atoms with van der Waals surface area (Å²) in [6.07, 6.45) is -1.06. The van der Waals surface area contributed by atoms with Crippen LogP contribution in [0.25, 0.3) is 0 Å². The predicted octanol–water partition coefficient (Wildman–Crippen LogP) is 4.75. The highest BCUT2D eigenvalue weighted by molar-refractivity contribution is 5.94. The van der Waals surface area contributed by atoms with Gasteiger partial charge in [0.1, 0.15) is 0 Å². The van der Waals surface area contributed by atoms with Gasteiger partial charge in [-0.15, -0.1) is 0 Å². The predicted molar refractivity (Wildman–Crippen MR) is 147 cm³/mol. The van der Waals surface area contributed by atoms with Crippen molar-refractivity contribution in [3.63, 3.8) is 0 Å². The normalized spacial score (nSPS) is 19.9. The number of benzene rings is 3. The highest BCUT2D eigenvalue weighted by Gasteiger charge is 2.32. The summed E-state index contributed by atoms with van der Waals surface area (Å²) in [7, 11) is 2.08. The first-order valence-electron chi connectivity index (χ1n) is 13.1. The molecule has 1 amide bonds. The van der Waals surface area contributed by atoms with Crippen molar-refractivity contribution in [1.29, 1.82) is 0 Å². The molecule has 0 spiro atoms. The monoisotopic (exact) mass is 532 g/mol. The molecule has 206 valence electrons. The minimum absolute atomic E-state index is 0.00696.